The van der Waals surface area contributed by atoms with Gasteiger partial charge in [0.2, 0.25) is 5.91 Å². The Morgan fingerprint density at radius 2 is 1.96 bits per heavy atom. The van der Waals surface area contributed by atoms with E-state index in [1.54, 1.807) is 30.3 Å². The lowest BCUT2D eigenvalue weighted by molar-refractivity contribution is -0.119. The molecule has 0 saturated carbocycles. The van der Waals surface area contributed by atoms with E-state index in [9.17, 15) is 18.7 Å². The maximum absolute atomic E-state index is 13.6. The SMILES string of the molecule is O=C(CSc1ccc(O)cc1)NC1CNCCC1c1ccc(F)c(F)c1. The maximum atomic E-state index is 13.6. The lowest BCUT2D eigenvalue weighted by Gasteiger charge is -2.33. The monoisotopic (exact) mass is 378 g/mol. The molecule has 1 amide bonds. The van der Waals surface area contributed by atoms with E-state index in [1.165, 1.54) is 17.8 Å². The van der Waals surface area contributed by atoms with Crippen molar-refractivity contribution >= 4 is 17.7 Å². The molecule has 0 radical (unpaired) electrons. The number of carbonyl (C=O) groups excluding carboxylic acids is 1. The van der Waals surface area contributed by atoms with Crippen LogP contribution in [0.1, 0.15) is 17.9 Å². The molecule has 1 heterocycles. The van der Waals surface area contributed by atoms with Crippen LogP contribution in [0.4, 0.5) is 8.78 Å². The van der Waals surface area contributed by atoms with Crippen LogP contribution in [0.5, 0.6) is 5.75 Å². The zero-order valence-electron chi connectivity index (χ0n) is 14.0. The molecular weight excluding hydrogens is 358 g/mol. The highest BCUT2D eigenvalue weighted by atomic mass is 32.2. The number of hydrogen-bond donors (Lipinski definition) is 3. The van der Waals surface area contributed by atoms with Gasteiger partial charge in [-0.3, -0.25) is 4.79 Å². The van der Waals surface area contributed by atoms with Gasteiger partial charge in [0.1, 0.15) is 5.75 Å². The van der Waals surface area contributed by atoms with E-state index in [1.807, 2.05) is 0 Å². The molecule has 1 aliphatic rings. The number of carbonyl (C=O) groups is 1. The molecule has 7 heteroatoms. The molecule has 3 N–H and O–H groups in total. The second kappa shape index (κ2) is 8.51. The first-order valence-electron chi connectivity index (χ1n) is 8.40. The van der Waals surface area contributed by atoms with Gasteiger partial charge in [0.15, 0.2) is 11.6 Å². The van der Waals surface area contributed by atoms with Crippen molar-refractivity contribution in [3.8, 4) is 5.75 Å². The Balaban J connectivity index is 1.61. The zero-order valence-corrected chi connectivity index (χ0v) is 14.9. The molecule has 3 rings (SSSR count). The lowest BCUT2D eigenvalue weighted by Crippen LogP contribution is -2.50. The molecule has 0 aromatic heterocycles. The van der Waals surface area contributed by atoms with Crippen LogP contribution in [0.3, 0.4) is 0 Å². The first-order valence-corrected chi connectivity index (χ1v) is 9.38. The van der Waals surface area contributed by atoms with Crippen molar-refractivity contribution in [3.05, 3.63) is 59.7 Å². The van der Waals surface area contributed by atoms with Gasteiger partial charge in [0.05, 0.1) is 5.75 Å². The number of amides is 1. The van der Waals surface area contributed by atoms with Crippen LogP contribution in [0, 0.1) is 11.6 Å². The van der Waals surface area contributed by atoms with Gasteiger partial charge < -0.3 is 15.7 Å². The summed E-state index contributed by atoms with van der Waals surface area (Å²) in [4.78, 5) is 13.2. The molecule has 26 heavy (non-hydrogen) atoms. The third-order valence-electron chi connectivity index (χ3n) is 4.41. The van der Waals surface area contributed by atoms with Crippen molar-refractivity contribution < 1.29 is 18.7 Å². The van der Waals surface area contributed by atoms with Gasteiger partial charge in [0.25, 0.3) is 0 Å². The molecular formula is C19H20F2N2O2S. The Hall–Kier alpha value is -2.12. The highest BCUT2D eigenvalue weighted by Crippen LogP contribution is 2.27. The smallest absolute Gasteiger partial charge is 0.230 e. The first kappa shape index (κ1) is 18.7. The topological polar surface area (TPSA) is 61.4 Å². The van der Waals surface area contributed by atoms with Crippen LogP contribution < -0.4 is 10.6 Å². The Morgan fingerprint density at radius 1 is 1.19 bits per heavy atom. The van der Waals surface area contributed by atoms with Gasteiger partial charge in [-0.25, -0.2) is 8.78 Å². The van der Waals surface area contributed by atoms with Crippen molar-refractivity contribution in [1.29, 1.82) is 0 Å². The number of phenolic OH excluding ortho intramolecular Hbond substituents is 1. The number of thioether (sulfide) groups is 1. The van der Waals surface area contributed by atoms with E-state index in [2.05, 4.69) is 10.6 Å². The summed E-state index contributed by atoms with van der Waals surface area (Å²) in [6, 6.07) is 10.4. The third-order valence-corrected chi connectivity index (χ3v) is 5.42. The summed E-state index contributed by atoms with van der Waals surface area (Å²) in [5.74, 6) is -1.49. The Morgan fingerprint density at radius 3 is 2.69 bits per heavy atom. The third kappa shape index (κ3) is 4.74. The van der Waals surface area contributed by atoms with Gasteiger partial charge in [0, 0.05) is 23.4 Å². The van der Waals surface area contributed by atoms with E-state index in [0.29, 0.717) is 12.1 Å². The van der Waals surface area contributed by atoms with Crippen molar-refractivity contribution in [2.24, 2.45) is 0 Å². The number of aromatic hydroxyl groups is 1. The number of benzene rings is 2. The van der Waals surface area contributed by atoms with Crippen LogP contribution >= 0.6 is 11.8 Å². The van der Waals surface area contributed by atoms with Crippen molar-refractivity contribution in [2.45, 2.75) is 23.3 Å². The molecule has 2 aromatic rings. The van der Waals surface area contributed by atoms with Gasteiger partial charge in [-0.15, -0.1) is 11.8 Å². The van der Waals surface area contributed by atoms with Crippen LogP contribution in [0.25, 0.3) is 0 Å². The number of piperidine rings is 1. The normalized spacial score (nSPS) is 19.9. The van der Waals surface area contributed by atoms with Gasteiger partial charge in [-0.05, 0) is 54.9 Å². The quantitative estimate of drug-likeness (QED) is 0.700. The largest absolute Gasteiger partial charge is 0.508 e. The van der Waals surface area contributed by atoms with Crippen LogP contribution in [-0.2, 0) is 4.79 Å². The highest BCUT2D eigenvalue weighted by molar-refractivity contribution is 8.00. The number of hydrogen-bond acceptors (Lipinski definition) is 4. The molecule has 138 valence electrons. The summed E-state index contributed by atoms with van der Waals surface area (Å²) in [6.07, 6.45) is 0.737. The minimum atomic E-state index is -0.867. The number of rotatable bonds is 5. The zero-order chi connectivity index (χ0) is 18.5. The van der Waals surface area contributed by atoms with Crippen molar-refractivity contribution in [3.63, 3.8) is 0 Å². The molecule has 0 bridgehead atoms. The molecule has 0 spiro atoms. The second-order valence-corrected chi connectivity index (χ2v) is 7.28. The predicted octanol–water partition coefficient (Wildman–Crippen LogP) is 3.02. The van der Waals surface area contributed by atoms with Crippen LogP contribution in [0.2, 0.25) is 0 Å². The average molecular weight is 378 g/mol. The van der Waals surface area contributed by atoms with Crippen molar-refractivity contribution in [2.75, 3.05) is 18.8 Å². The fourth-order valence-corrected chi connectivity index (χ4v) is 3.80. The van der Waals surface area contributed by atoms with Gasteiger partial charge in [-0.2, -0.15) is 0 Å². The molecule has 1 aliphatic heterocycles. The fraction of sp³-hybridized carbons (Fsp3) is 0.316. The minimum Gasteiger partial charge on any atom is -0.508 e. The first-order chi connectivity index (χ1) is 12.5. The lowest BCUT2D eigenvalue weighted by atomic mass is 9.86. The summed E-state index contributed by atoms with van der Waals surface area (Å²) < 4.78 is 26.7. The summed E-state index contributed by atoms with van der Waals surface area (Å²) in [6.45, 7) is 1.34. The molecule has 0 aliphatic carbocycles. The van der Waals surface area contributed by atoms with Gasteiger partial charge in [-0.1, -0.05) is 6.07 Å². The Labute approximate surface area is 155 Å². The average Bonchev–Trinajstić information content (AvgIpc) is 2.64. The molecule has 2 unspecified atom stereocenters. The minimum absolute atomic E-state index is 0.0611. The van der Waals surface area contributed by atoms with Gasteiger partial charge >= 0.3 is 0 Å². The van der Waals surface area contributed by atoms with E-state index < -0.39 is 11.6 Å². The number of phenols is 1. The van der Waals surface area contributed by atoms with Crippen LogP contribution in [-0.4, -0.2) is 35.9 Å². The molecule has 1 fully saturated rings. The summed E-state index contributed by atoms with van der Waals surface area (Å²) >= 11 is 1.37. The van der Waals surface area contributed by atoms with E-state index in [4.69, 9.17) is 0 Å². The number of halogens is 2. The fourth-order valence-electron chi connectivity index (χ4n) is 3.09. The van der Waals surface area contributed by atoms with E-state index in [0.717, 1.165) is 23.9 Å². The Kier molecular flexibility index (Phi) is 6.11. The Bertz CT molecular complexity index is 771. The summed E-state index contributed by atoms with van der Waals surface area (Å²) in [5, 5.41) is 15.5. The van der Waals surface area contributed by atoms with E-state index >= 15 is 0 Å². The molecule has 2 atom stereocenters. The van der Waals surface area contributed by atoms with E-state index in [-0.39, 0.29) is 29.4 Å². The molecule has 2 aromatic carbocycles. The molecule has 4 nitrogen and oxygen atoms in total. The van der Waals surface area contributed by atoms with Crippen LogP contribution in [0.15, 0.2) is 47.4 Å². The maximum Gasteiger partial charge on any atom is 0.230 e. The molecule has 1 saturated heterocycles. The summed E-state index contributed by atoms with van der Waals surface area (Å²) in [5.41, 5.74) is 0.696. The number of nitrogens with one attached hydrogen (secondary N) is 2. The predicted molar refractivity (Wildman–Crippen MR) is 97.3 cm³/mol. The summed E-state index contributed by atoms with van der Waals surface area (Å²) in [7, 11) is 0. The highest BCUT2D eigenvalue weighted by Gasteiger charge is 2.28. The van der Waals surface area contributed by atoms with Crippen molar-refractivity contribution in [1.82, 2.24) is 10.6 Å². The second-order valence-electron chi connectivity index (χ2n) is 6.23. The standard InChI is InChI=1S/C19H20F2N2O2S/c20-16-6-1-12(9-17(16)21)15-7-8-22-10-18(15)23-19(25)11-26-14-4-2-13(24)3-5-14/h1-6,9,15,18,22,24H,7-8,10-11H2,(H,23,25).